The smallest absolute Gasteiger partial charge is 0.264 e. The van der Waals surface area contributed by atoms with Crippen molar-refractivity contribution < 1.29 is 22.7 Å². The Bertz CT molecular complexity index is 1380. The van der Waals surface area contributed by atoms with Crippen LogP contribution in [-0.2, 0) is 26.2 Å². The van der Waals surface area contributed by atoms with E-state index in [1.54, 1.807) is 49.6 Å². The van der Waals surface area contributed by atoms with Gasteiger partial charge in [0.1, 0.15) is 18.3 Å². The van der Waals surface area contributed by atoms with Gasteiger partial charge in [-0.2, -0.15) is 0 Å². The number of carbonyl (C=O) groups excluding carboxylic acids is 2. The number of rotatable bonds is 12. The van der Waals surface area contributed by atoms with Gasteiger partial charge < -0.3 is 15.0 Å². The van der Waals surface area contributed by atoms with E-state index >= 15 is 0 Å². The first kappa shape index (κ1) is 29.7. The maximum atomic E-state index is 14.0. The van der Waals surface area contributed by atoms with E-state index in [0.717, 1.165) is 21.0 Å². The zero-order valence-corrected chi connectivity index (χ0v) is 24.0. The van der Waals surface area contributed by atoms with Gasteiger partial charge in [-0.15, -0.1) is 0 Å². The Morgan fingerprint density at radius 1 is 0.923 bits per heavy atom. The van der Waals surface area contributed by atoms with Crippen molar-refractivity contribution in [3.63, 3.8) is 0 Å². The number of carbonyl (C=O) groups is 2. The summed E-state index contributed by atoms with van der Waals surface area (Å²) in [4.78, 5) is 28.6. The molecule has 9 heteroatoms. The lowest BCUT2D eigenvalue weighted by molar-refractivity contribution is -0.140. The number of methoxy groups -OCH3 is 1. The van der Waals surface area contributed by atoms with Gasteiger partial charge in [0.15, 0.2) is 0 Å². The monoisotopic (exact) mass is 551 g/mol. The summed E-state index contributed by atoms with van der Waals surface area (Å²) >= 11 is 0. The minimum absolute atomic E-state index is 0.0773. The fourth-order valence-corrected chi connectivity index (χ4v) is 5.70. The molecule has 39 heavy (non-hydrogen) atoms. The van der Waals surface area contributed by atoms with Crippen molar-refractivity contribution in [2.75, 3.05) is 24.5 Å². The van der Waals surface area contributed by atoms with E-state index in [1.807, 2.05) is 45.9 Å². The van der Waals surface area contributed by atoms with Crippen molar-refractivity contribution in [3.05, 3.63) is 89.5 Å². The van der Waals surface area contributed by atoms with Crippen LogP contribution < -0.4 is 14.4 Å². The van der Waals surface area contributed by atoms with Crippen LogP contribution in [0.25, 0.3) is 0 Å². The van der Waals surface area contributed by atoms with Crippen LogP contribution in [0.1, 0.15) is 37.0 Å². The molecule has 0 saturated heterocycles. The second kappa shape index (κ2) is 13.3. The Morgan fingerprint density at radius 3 is 2.15 bits per heavy atom. The summed E-state index contributed by atoms with van der Waals surface area (Å²) in [6, 6.07) is 19.8. The van der Waals surface area contributed by atoms with E-state index in [0.29, 0.717) is 24.4 Å². The lowest BCUT2D eigenvalue weighted by atomic mass is 10.1. The van der Waals surface area contributed by atoms with E-state index < -0.39 is 28.5 Å². The van der Waals surface area contributed by atoms with Gasteiger partial charge in [0.05, 0.1) is 17.7 Å². The van der Waals surface area contributed by atoms with Gasteiger partial charge in [0, 0.05) is 13.1 Å². The number of amides is 2. The highest BCUT2D eigenvalue weighted by atomic mass is 32.2. The highest BCUT2D eigenvalue weighted by Crippen LogP contribution is 2.27. The zero-order chi connectivity index (χ0) is 28.6. The predicted molar refractivity (Wildman–Crippen MR) is 153 cm³/mol. The summed E-state index contributed by atoms with van der Waals surface area (Å²) in [6.07, 6.45) is 0.364. The Kier molecular flexibility index (Phi) is 10.1. The summed E-state index contributed by atoms with van der Waals surface area (Å²) in [6.45, 7) is 7.55. The number of nitrogens with zero attached hydrogens (tertiary/aromatic N) is 2. The van der Waals surface area contributed by atoms with Crippen LogP contribution in [0.4, 0.5) is 5.69 Å². The molecule has 3 aromatic carbocycles. The molecule has 0 aliphatic rings. The van der Waals surface area contributed by atoms with E-state index in [-0.39, 0.29) is 17.3 Å². The summed E-state index contributed by atoms with van der Waals surface area (Å²) in [7, 11) is -2.52. The Balaban J connectivity index is 2.06. The first-order chi connectivity index (χ1) is 18.6. The molecule has 1 N–H and O–H groups in total. The van der Waals surface area contributed by atoms with Gasteiger partial charge in [0.25, 0.3) is 10.0 Å². The molecule has 3 aromatic rings. The Hall–Kier alpha value is -3.85. The molecule has 3 rings (SSSR count). The van der Waals surface area contributed by atoms with Gasteiger partial charge in [-0.05, 0) is 80.3 Å². The molecule has 0 aliphatic carbocycles. The number of aryl methyl sites for hydroxylation is 2. The third-order valence-corrected chi connectivity index (χ3v) is 8.43. The van der Waals surface area contributed by atoms with Crippen LogP contribution >= 0.6 is 0 Å². The fraction of sp³-hybridized carbons (Fsp3) is 0.333. The molecular weight excluding hydrogens is 514 g/mol. The second-order valence-electron chi connectivity index (χ2n) is 9.28. The third-order valence-electron chi connectivity index (χ3n) is 6.64. The van der Waals surface area contributed by atoms with E-state index in [4.69, 9.17) is 4.74 Å². The van der Waals surface area contributed by atoms with Gasteiger partial charge in [-0.25, -0.2) is 8.42 Å². The van der Waals surface area contributed by atoms with Crippen molar-refractivity contribution >= 4 is 27.5 Å². The van der Waals surface area contributed by atoms with Crippen molar-refractivity contribution in [3.8, 4) is 5.75 Å². The van der Waals surface area contributed by atoms with Gasteiger partial charge in [-0.1, -0.05) is 43.3 Å². The molecule has 0 heterocycles. The van der Waals surface area contributed by atoms with Crippen LogP contribution in [0.2, 0.25) is 0 Å². The molecule has 0 spiro atoms. The number of likely N-dealkylation sites (N-methyl/N-ethyl adjacent to an activating group) is 1. The lowest BCUT2D eigenvalue weighted by Gasteiger charge is -2.33. The average molecular weight is 552 g/mol. The van der Waals surface area contributed by atoms with Gasteiger partial charge >= 0.3 is 0 Å². The number of nitrogens with one attached hydrogen (secondary N) is 1. The molecule has 0 bridgehead atoms. The number of benzene rings is 3. The topological polar surface area (TPSA) is 96.0 Å². The van der Waals surface area contributed by atoms with Crippen LogP contribution in [0, 0.1) is 13.8 Å². The normalized spacial score (nSPS) is 11.9. The largest absolute Gasteiger partial charge is 0.497 e. The molecule has 8 nitrogen and oxygen atoms in total. The third kappa shape index (κ3) is 7.17. The SMILES string of the molecule is CCNC(=O)C(CC)N(Cc1ccc(OC)cc1)C(=O)CN(c1ccc(C)c(C)c1)S(=O)(=O)c1ccccc1. The summed E-state index contributed by atoms with van der Waals surface area (Å²) in [5.41, 5.74) is 3.07. The molecule has 1 unspecified atom stereocenters. The molecule has 0 radical (unpaired) electrons. The molecule has 1 atom stereocenters. The molecular formula is C30H37N3O5S. The van der Waals surface area contributed by atoms with Crippen LogP contribution in [-0.4, -0.2) is 51.4 Å². The van der Waals surface area contributed by atoms with Crippen molar-refractivity contribution in [1.82, 2.24) is 10.2 Å². The quantitative estimate of drug-likeness (QED) is 0.359. The number of hydrogen-bond donors (Lipinski definition) is 1. The molecule has 0 fully saturated rings. The van der Waals surface area contributed by atoms with Crippen molar-refractivity contribution in [2.24, 2.45) is 0 Å². The van der Waals surface area contributed by atoms with E-state index in [1.165, 1.54) is 17.0 Å². The maximum Gasteiger partial charge on any atom is 0.264 e. The predicted octanol–water partition coefficient (Wildman–Crippen LogP) is 4.45. The molecule has 0 saturated carbocycles. The summed E-state index contributed by atoms with van der Waals surface area (Å²) < 4.78 is 34.1. The minimum atomic E-state index is -4.09. The van der Waals surface area contributed by atoms with Crippen molar-refractivity contribution in [2.45, 2.75) is 51.6 Å². The fourth-order valence-electron chi connectivity index (χ4n) is 4.27. The Morgan fingerprint density at radius 2 is 1.59 bits per heavy atom. The molecule has 0 aliphatic heterocycles. The van der Waals surface area contributed by atoms with Crippen LogP contribution in [0.5, 0.6) is 5.75 Å². The van der Waals surface area contributed by atoms with Gasteiger partial charge in [-0.3, -0.25) is 13.9 Å². The highest BCUT2D eigenvalue weighted by Gasteiger charge is 2.33. The van der Waals surface area contributed by atoms with Crippen LogP contribution in [0.3, 0.4) is 0 Å². The van der Waals surface area contributed by atoms with Gasteiger partial charge in [0.2, 0.25) is 11.8 Å². The number of ether oxygens (including phenoxy) is 1. The first-order valence-electron chi connectivity index (χ1n) is 13.0. The zero-order valence-electron chi connectivity index (χ0n) is 23.2. The van der Waals surface area contributed by atoms with Crippen molar-refractivity contribution in [1.29, 1.82) is 0 Å². The number of sulfonamides is 1. The number of hydrogen-bond acceptors (Lipinski definition) is 5. The molecule has 2 amide bonds. The average Bonchev–Trinajstić information content (AvgIpc) is 2.94. The standard InChI is InChI=1S/C30H37N3O5S/c1-6-28(30(35)31-7-2)32(20-24-14-17-26(38-5)18-15-24)29(34)21-33(25-16-13-22(3)23(4)19-25)39(36,37)27-11-9-8-10-12-27/h8-19,28H,6-7,20-21H2,1-5H3,(H,31,35). The molecule has 208 valence electrons. The second-order valence-corrected chi connectivity index (χ2v) is 11.1. The van der Waals surface area contributed by atoms with E-state index in [9.17, 15) is 18.0 Å². The lowest BCUT2D eigenvalue weighted by Crippen LogP contribution is -2.52. The minimum Gasteiger partial charge on any atom is -0.497 e. The maximum absolute atomic E-state index is 14.0. The van der Waals surface area contributed by atoms with E-state index in [2.05, 4.69) is 5.32 Å². The summed E-state index contributed by atoms with van der Waals surface area (Å²) in [5, 5.41) is 2.81. The Labute approximate surface area is 231 Å². The summed E-state index contributed by atoms with van der Waals surface area (Å²) in [5.74, 6) is -0.102. The van der Waals surface area contributed by atoms with Crippen LogP contribution in [0.15, 0.2) is 77.7 Å². The molecule has 0 aromatic heterocycles. The first-order valence-corrected chi connectivity index (χ1v) is 14.4. The highest BCUT2D eigenvalue weighted by molar-refractivity contribution is 7.92. The number of anilines is 1.